The third-order valence-corrected chi connectivity index (χ3v) is 4.32. The van der Waals surface area contributed by atoms with Crippen LogP contribution >= 0.6 is 35.0 Å². The molecule has 0 fully saturated rings. The number of aliphatic hydroxyl groups is 1. The number of thioether (sulfide) groups is 1. The van der Waals surface area contributed by atoms with Gasteiger partial charge in [0.2, 0.25) is 0 Å². The Morgan fingerprint density at radius 2 is 2.12 bits per heavy atom. The van der Waals surface area contributed by atoms with Crippen LogP contribution in [0, 0.1) is 0 Å². The van der Waals surface area contributed by atoms with E-state index < -0.39 is 0 Å². The Bertz CT molecular complexity index is 331. The van der Waals surface area contributed by atoms with Crippen molar-refractivity contribution >= 4 is 35.0 Å². The maximum atomic E-state index is 9.82. The maximum Gasteiger partial charge on any atom is 0.0671 e. The van der Waals surface area contributed by atoms with E-state index in [1.165, 1.54) is 0 Å². The molecule has 0 saturated heterocycles. The van der Waals surface area contributed by atoms with E-state index in [1.54, 1.807) is 17.8 Å². The second-order valence-electron chi connectivity index (χ2n) is 3.65. The summed E-state index contributed by atoms with van der Waals surface area (Å²) in [5.74, 6) is 1.83. The van der Waals surface area contributed by atoms with Gasteiger partial charge in [-0.25, -0.2) is 0 Å². The molecule has 0 amide bonds. The Morgan fingerprint density at radius 1 is 1.38 bits per heavy atom. The van der Waals surface area contributed by atoms with Crippen molar-refractivity contribution in [2.75, 3.05) is 11.5 Å². The van der Waals surface area contributed by atoms with Gasteiger partial charge >= 0.3 is 0 Å². The molecule has 90 valence electrons. The lowest BCUT2D eigenvalue weighted by Crippen LogP contribution is -2.14. The average molecular weight is 279 g/mol. The van der Waals surface area contributed by atoms with E-state index in [2.05, 4.69) is 6.92 Å². The van der Waals surface area contributed by atoms with Crippen LogP contribution in [0.5, 0.6) is 0 Å². The molecule has 1 rings (SSSR count). The maximum absolute atomic E-state index is 9.82. The molecule has 1 N–H and O–H groups in total. The number of aliphatic hydroxyl groups excluding tert-OH is 1. The average Bonchev–Trinajstić information content (AvgIpc) is 2.25. The van der Waals surface area contributed by atoms with Gasteiger partial charge in [-0.05, 0) is 23.8 Å². The van der Waals surface area contributed by atoms with Crippen LogP contribution in [0.15, 0.2) is 18.2 Å². The van der Waals surface area contributed by atoms with E-state index in [9.17, 15) is 5.11 Å². The SMILES string of the molecule is CCCSCC(O)Cc1cccc(Cl)c1Cl. The zero-order valence-corrected chi connectivity index (χ0v) is 11.6. The molecule has 0 aliphatic carbocycles. The summed E-state index contributed by atoms with van der Waals surface area (Å²) in [6.45, 7) is 2.13. The van der Waals surface area contributed by atoms with E-state index in [0.29, 0.717) is 16.5 Å². The van der Waals surface area contributed by atoms with Crippen LogP contribution in [0.3, 0.4) is 0 Å². The first-order valence-corrected chi connectivity index (χ1v) is 7.25. The third-order valence-electron chi connectivity index (χ3n) is 2.15. The Labute approximate surface area is 111 Å². The Balaban J connectivity index is 2.49. The van der Waals surface area contributed by atoms with Gasteiger partial charge in [-0.1, -0.05) is 42.3 Å². The Morgan fingerprint density at radius 3 is 2.81 bits per heavy atom. The quantitative estimate of drug-likeness (QED) is 0.793. The van der Waals surface area contributed by atoms with Crippen molar-refractivity contribution in [2.24, 2.45) is 0 Å². The van der Waals surface area contributed by atoms with Gasteiger partial charge < -0.3 is 5.11 Å². The van der Waals surface area contributed by atoms with E-state index in [0.717, 1.165) is 23.5 Å². The fourth-order valence-corrected chi connectivity index (χ4v) is 2.63. The highest BCUT2D eigenvalue weighted by Gasteiger charge is 2.10. The van der Waals surface area contributed by atoms with Crippen LogP contribution in [-0.4, -0.2) is 22.7 Å². The largest absolute Gasteiger partial charge is 0.392 e. The molecule has 0 spiro atoms. The van der Waals surface area contributed by atoms with Crippen LogP contribution in [0.2, 0.25) is 10.0 Å². The number of hydrogen-bond acceptors (Lipinski definition) is 2. The lowest BCUT2D eigenvalue weighted by atomic mass is 10.1. The summed E-state index contributed by atoms with van der Waals surface area (Å²) in [6, 6.07) is 5.52. The van der Waals surface area contributed by atoms with Gasteiger partial charge in [-0.3, -0.25) is 0 Å². The molecule has 1 aromatic rings. The zero-order chi connectivity index (χ0) is 12.0. The summed E-state index contributed by atoms with van der Waals surface area (Å²) < 4.78 is 0. The molecule has 0 aliphatic rings. The van der Waals surface area contributed by atoms with Crippen LogP contribution < -0.4 is 0 Å². The fraction of sp³-hybridized carbons (Fsp3) is 0.500. The van der Waals surface area contributed by atoms with E-state index >= 15 is 0 Å². The minimum absolute atomic E-state index is 0.354. The van der Waals surface area contributed by atoms with Crippen LogP contribution in [-0.2, 0) is 6.42 Å². The van der Waals surface area contributed by atoms with Crippen molar-refractivity contribution < 1.29 is 5.11 Å². The van der Waals surface area contributed by atoms with Crippen molar-refractivity contribution in [1.29, 1.82) is 0 Å². The molecule has 0 radical (unpaired) electrons. The van der Waals surface area contributed by atoms with Crippen molar-refractivity contribution in [3.63, 3.8) is 0 Å². The second-order valence-corrected chi connectivity index (χ2v) is 5.58. The smallest absolute Gasteiger partial charge is 0.0671 e. The predicted molar refractivity (Wildman–Crippen MR) is 73.8 cm³/mol. The summed E-state index contributed by atoms with van der Waals surface area (Å²) in [5.41, 5.74) is 0.916. The molecule has 1 atom stereocenters. The molecule has 0 heterocycles. The van der Waals surface area contributed by atoms with Gasteiger partial charge in [0.25, 0.3) is 0 Å². The summed E-state index contributed by atoms with van der Waals surface area (Å²) in [7, 11) is 0. The number of rotatable bonds is 6. The number of halogens is 2. The highest BCUT2D eigenvalue weighted by molar-refractivity contribution is 7.99. The highest BCUT2D eigenvalue weighted by Crippen LogP contribution is 2.26. The van der Waals surface area contributed by atoms with Gasteiger partial charge in [-0.2, -0.15) is 11.8 Å². The fourth-order valence-electron chi connectivity index (χ4n) is 1.38. The van der Waals surface area contributed by atoms with Crippen LogP contribution in [0.1, 0.15) is 18.9 Å². The summed E-state index contributed by atoms with van der Waals surface area (Å²) in [4.78, 5) is 0. The molecular weight excluding hydrogens is 263 g/mol. The van der Waals surface area contributed by atoms with Crippen LogP contribution in [0.25, 0.3) is 0 Å². The number of benzene rings is 1. The van der Waals surface area contributed by atoms with Crippen molar-refractivity contribution in [1.82, 2.24) is 0 Å². The molecule has 0 bridgehead atoms. The first-order valence-electron chi connectivity index (χ1n) is 5.33. The van der Waals surface area contributed by atoms with Crippen molar-refractivity contribution in [2.45, 2.75) is 25.9 Å². The third kappa shape index (κ3) is 4.54. The standard InChI is InChI=1S/C12H16Cl2OS/c1-2-6-16-8-10(15)7-9-4-3-5-11(13)12(9)14/h3-5,10,15H,2,6-8H2,1H3. The van der Waals surface area contributed by atoms with Gasteiger partial charge in [0, 0.05) is 12.2 Å². The molecule has 1 unspecified atom stereocenters. The molecule has 0 aromatic heterocycles. The van der Waals surface area contributed by atoms with Gasteiger partial charge in [0.05, 0.1) is 16.1 Å². The summed E-state index contributed by atoms with van der Waals surface area (Å²) in [5, 5.41) is 10.9. The number of hydrogen-bond donors (Lipinski definition) is 1. The minimum Gasteiger partial charge on any atom is -0.392 e. The molecule has 4 heteroatoms. The lowest BCUT2D eigenvalue weighted by molar-refractivity contribution is 0.200. The molecular formula is C12H16Cl2OS. The Hall–Kier alpha value is 0.110. The zero-order valence-electron chi connectivity index (χ0n) is 9.25. The van der Waals surface area contributed by atoms with Crippen molar-refractivity contribution in [3.8, 4) is 0 Å². The molecule has 1 nitrogen and oxygen atoms in total. The summed E-state index contributed by atoms with van der Waals surface area (Å²) in [6.07, 6.45) is 1.35. The first kappa shape index (κ1) is 14.2. The monoisotopic (exact) mass is 278 g/mol. The van der Waals surface area contributed by atoms with E-state index in [4.69, 9.17) is 23.2 Å². The second kappa shape index (κ2) is 7.44. The predicted octanol–water partition coefficient (Wildman–Crippen LogP) is 4.04. The molecule has 0 aliphatic heterocycles. The van der Waals surface area contributed by atoms with Gasteiger partial charge in [0.15, 0.2) is 0 Å². The molecule has 0 saturated carbocycles. The van der Waals surface area contributed by atoms with Crippen LogP contribution in [0.4, 0.5) is 0 Å². The van der Waals surface area contributed by atoms with E-state index in [1.807, 2.05) is 12.1 Å². The normalized spacial score (nSPS) is 12.8. The van der Waals surface area contributed by atoms with Gasteiger partial charge in [0.1, 0.15) is 0 Å². The molecule has 16 heavy (non-hydrogen) atoms. The first-order chi connectivity index (χ1) is 7.65. The van der Waals surface area contributed by atoms with Crippen molar-refractivity contribution in [3.05, 3.63) is 33.8 Å². The van der Waals surface area contributed by atoms with Gasteiger partial charge in [-0.15, -0.1) is 0 Å². The molecule has 1 aromatic carbocycles. The minimum atomic E-state index is -0.354. The van der Waals surface area contributed by atoms with E-state index in [-0.39, 0.29) is 6.10 Å². The highest BCUT2D eigenvalue weighted by atomic mass is 35.5. The Kier molecular flexibility index (Phi) is 6.59. The summed E-state index contributed by atoms with van der Waals surface area (Å²) >= 11 is 13.7. The lowest BCUT2D eigenvalue weighted by Gasteiger charge is -2.11. The topological polar surface area (TPSA) is 20.2 Å².